The zero-order chi connectivity index (χ0) is 12.1. The summed E-state index contributed by atoms with van der Waals surface area (Å²) in [5.41, 5.74) is 6.49. The highest BCUT2D eigenvalue weighted by atomic mass is 19.2. The number of ether oxygens (including phenoxy) is 1. The van der Waals surface area contributed by atoms with E-state index in [0.29, 0.717) is 12.0 Å². The highest BCUT2D eigenvalue weighted by Crippen LogP contribution is 2.19. The molecule has 0 fully saturated rings. The maximum absolute atomic E-state index is 12.9. The molecule has 0 amide bonds. The Labute approximate surface area is 94.4 Å². The van der Waals surface area contributed by atoms with Crippen LogP contribution in [0.3, 0.4) is 0 Å². The van der Waals surface area contributed by atoms with Gasteiger partial charge in [0.15, 0.2) is 11.6 Å². The summed E-state index contributed by atoms with van der Waals surface area (Å²) in [5, 5.41) is 0. The summed E-state index contributed by atoms with van der Waals surface area (Å²) in [4.78, 5) is 0. The van der Waals surface area contributed by atoms with Crippen LogP contribution in [0.2, 0.25) is 0 Å². The molecule has 0 heterocycles. The van der Waals surface area contributed by atoms with E-state index in [4.69, 9.17) is 10.5 Å². The topological polar surface area (TPSA) is 35.2 Å². The molecule has 0 spiro atoms. The first-order valence-electron chi connectivity index (χ1n) is 5.28. The first-order valence-corrected chi connectivity index (χ1v) is 5.28. The van der Waals surface area contributed by atoms with E-state index in [1.807, 2.05) is 6.92 Å². The Hall–Kier alpha value is -1.00. The lowest BCUT2D eigenvalue weighted by atomic mass is 10.0. The molecule has 1 aromatic carbocycles. The van der Waals surface area contributed by atoms with Gasteiger partial charge in [-0.2, -0.15) is 0 Å². The summed E-state index contributed by atoms with van der Waals surface area (Å²) in [5.74, 6) is -1.70. The van der Waals surface area contributed by atoms with E-state index in [0.717, 1.165) is 18.6 Å². The summed E-state index contributed by atoms with van der Waals surface area (Å²) in [7, 11) is 1.63. The van der Waals surface area contributed by atoms with Gasteiger partial charge in [-0.1, -0.05) is 6.07 Å². The molecule has 0 aliphatic heterocycles. The third-order valence-electron chi connectivity index (χ3n) is 2.66. The molecule has 0 bridgehead atoms. The van der Waals surface area contributed by atoms with Gasteiger partial charge in [-0.05, 0) is 37.5 Å². The second kappa shape index (κ2) is 5.92. The van der Waals surface area contributed by atoms with E-state index in [9.17, 15) is 8.78 Å². The molecule has 2 unspecified atom stereocenters. The number of hydrogen-bond acceptors (Lipinski definition) is 2. The average Bonchev–Trinajstić information content (AvgIpc) is 2.29. The minimum atomic E-state index is -0.854. The van der Waals surface area contributed by atoms with Crippen molar-refractivity contribution in [3.63, 3.8) is 0 Å². The Morgan fingerprint density at radius 2 is 1.94 bits per heavy atom. The zero-order valence-corrected chi connectivity index (χ0v) is 9.54. The van der Waals surface area contributed by atoms with Gasteiger partial charge in [0.1, 0.15) is 0 Å². The van der Waals surface area contributed by atoms with Crippen LogP contribution in [0.15, 0.2) is 18.2 Å². The molecule has 0 aliphatic carbocycles. The summed E-state index contributed by atoms with van der Waals surface area (Å²) in [6.45, 7) is 1.94. The van der Waals surface area contributed by atoms with E-state index in [2.05, 4.69) is 0 Å². The van der Waals surface area contributed by atoms with Gasteiger partial charge in [0.05, 0.1) is 6.10 Å². The molecule has 2 atom stereocenters. The molecule has 1 rings (SSSR count). The van der Waals surface area contributed by atoms with E-state index >= 15 is 0 Å². The summed E-state index contributed by atoms with van der Waals surface area (Å²) in [6, 6.07) is 3.48. The molecule has 4 heteroatoms. The van der Waals surface area contributed by atoms with Crippen LogP contribution in [0.1, 0.15) is 31.4 Å². The lowest BCUT2D eigenvalue weighted by Gasteiger charge is -2.15. The third kappa shape index (κ3) is 3.54. The Morgan fingerprint density at radius 1 is 1.25 bits per heavy atom. The van der Waals surface area contributed by atoms with Crippen LogP contribution in [0.5, 0.6) is 0 Å². The second-order valence-corrected chi connectivity index (χ2v) is 3.90. The van der Waals surface area contributed by atoms with Gasteiger partial charge in [0.2, 0.25) is 0 Å². The molecular formula is C12H17F2NO. The molecule has 0 radical (unpaired) electrons. The van der Waals surface area contributed by atoms with E-state index in [1.165, 1.54) is 6.07 Å². The van der Waals surface area contributed by atoms with Gasteiger partial charge in [0, 0.05) is 13.2 Å². The first kappa shape index (κ1) is 13.1. The Kier molecular flexibility index (Phi) is 4.83. The Balaban J connectivity index is 2.59. The number of methoxy groups -OCH3 is 1. The average molecular weight is 229 g/mol. The van der Waals surface area contributed by atoms with Gasteiger partial charge in [-0.25, -0.2) is 8.78 Å². The van der Waals surface area contributed by atoms with Crippen LogP contribution < -0.4 is 5.73 Å². The summed E-state index contributed by atoms with van der Waals surface area (Å²) in [6.07, 6.45) is 1.59. The molecule has 90 valence electrons. The van der Waals surface area contributed by atoms with Crippen molar-refractivity contribution in [1.29, 1.82) is 0 Å². The minimum absolute atomic E-state index is 0.122. The van der Waals surface area contributed by atoms with Crippen molar-refractivity contribution in [3.05, 3.63) is 35.4 Å². The third-order valence-corrected chi connectivity index (χ3v) is 2.66. The van der Waals surface area contributed by atoms with E-state index in [-0.39, 0.29) is 12.1 Å². The molecule has 0 saturated heterocycles. The van der Waals surface area contributed by atoms with Gasteiger partial charge >= 0.3 is 0 Å². The van der Waals surface area contributed by atoms with Crippen molar-refractivity contribution in [2.75, 3.05) is 7.11 Å². The fourth-order valence-corrected chi connectivity index (χ4v) is 1.44. The standard InChI is InChI=1S/C12H17F2NO/c1-8(16-2)3-6-12(15)9-4-5-10(13)11(14)7-9/h4-5,7-8,12H,3,6,15H2,1-2H3. The molecule has 0 aromatic heterocycles. The van der Waals surface area contributed by atoms with Crippen LogP contribution in [0.4, 0.5) is 8.78 Å². The molecule has 16 heavy (non-hydrogen) atoms. The van der Waals surface area contributed by atoms with E-state index in [1.54, 1.807) is 7.11 Å². The SMILES string of the molecule is COC(C)CCC(N)c1ccc(F)c(F)c1. The number of nitrogens with two attached hydrogens (primary N) is 1. The maximum Gasteiger partial charge on any atom is 0.159 e. The van der Waals surface area contributed by atoms with Gasteiger partial charge in [0.25, 0.3) is 0 Å². The quantitative estimate of drug-likeness (QED) is 0.842. The van der Waals surface area contributed by atoms with Crippen LogP contribution in [0, 0.1) is 11.6 Å². The van der Waals surface area contributed by atoms with Crippen molar-refractivity contribution in [2.24, 2.45) is 5.73 Å². The predicted molar refractivity (Wildman–Crippen MR) is 59.0 cm³/mol. The monoisotopic (exact) mass is 229 g/mol. The van der Waals surface area contributed by atoms with Crippen molar-refractivity contribution >= 4 is 0 Å². The van der Waals surface area contributed by atoms with Crippen LogP contribution in [-0.4, -0.2) is 13.2 Å². The molecule has 0 saturated carbocycles. The lowest BCUT2D eigenvalue weighted by Crippen LogP contribution is -2.14. The molecule has 0 aliphatic rings. The number of halogens is 2. The fraction of sp³-hybridized carbons (Fsp3) is 0.500. The fourth-order valence-electron chi connectivity index (χ4n) is 1.44. The molecular weight excluding hydrogens is 212 g/mol. The van der Waals surface area contributed by atoms with Crippen molar-refractivity contribution in [2.45, 2.75) is 31.9 Å². The van der Waals surface area contributed by atoms with Crippen molar-refractivity contribution in [3.8, 4) is 0 Å². The van der Waals surface area contributed by atoms with Crippen molar-refractivity contribution < 1.29 is 13.5 Å². The Bertz CT molecular complexity index is 344. The van der Waals surface area contributed by atoms with E-state index < -0.39 is 11.6 Å². The van der Waals surface area contributed by atoms with Crippen LogP contribution in [0.25, 0.3) is 0 Å². The molecule has 1 aromatic rings. The second-order valence-electron chi connectivity index (χ2n) is 3.90. The molecule has 2 nitrogen and oxygen atoms in total. The number of benzene rings is 1. The zero-order valence-electron chi connectivity index (χ0n) is 9.54. The summed E-state index contributed by atoms with van der Waals surface area (Å²) < 4.78 is 30.7. The first-order chi connectivity index (χ1) is 7.54. The number of hydrogen-bond donors (Lipinski definition) is 1. The minimum Gasteiger partial charge on any atom is -0.382 e. The van der Waals surface area contributed by atoms with Gasteiger partial charge in [-0.15, -0.1) is 0 Å². The Morgan fingerprint density at radius 3 is 2.50 bits per heavy atom. The lowest BCUT2D eigenvalue weighted by molar-refractivity contribution is 0.107. The maximum atomic E-state index is 12.9. The highest BCUT2D eigenvalue weighted by Gasteiger charge is 2.11. The smallest absolute Gasteiger partial charge is 0.159 e. The van der Waals surface area contributed by atoms with Crippen LogP contribution >= 0.6 is 0 Å². The largest absolute Gasteiger partial charge is 0.382 e. The van der Waals surface area contributed by atoms with Gasteiger partial charge in [-0.3, -0.25) is 0 Å². The summed E-state index contributed by atoms with van der Waals surface area (Å²) >= 11 is 0. The predicted octanol–water partition coefficient (Wildman–Crippen LogP) is 2.78. The van der Waals surface area contributed by atoms with Crippen molar-refractivity contribution in [1.82, 2.24) is 0 Å². The van der Waals surface area contributed by atoms with Gasteiger partial charge < -0.3 is 10.5 Å². The normalized spacial score (nSPS) is 14.8. The molecule has 2 N–H and O–H groups in total. The highest BCUT2D eigenvalue weighted by molar-refractivity contribution is 5.20. The van der Waals surface area contributed by atoms with Crippen LogP contribution in [-0.2, 0) is 4.74 Å². The number of rotatable bonds is 5.